The van der Waals surface area contributed by atoms with E-state index in [9.17, 15) is 0 Å². The molecule has 0 spiro atoms. The van der Waals surface area contributed by atoms with Gasteiger partial charge in [-0.15, -0.1) is 0 Å². The van der Waals surface area contributed by atoms with Crippen LogP contribution in [0.2, 0.25) is 0 Å². The molecule has 0 aliphatic rings. The van der Waals surface area contributed by atoms with Crippen molar-refractivity contribution in [3.8, 4) is 11.3 Å². The Bertz CT molecular complexity index is 500. The number of benzene rings is 1. The van der Waals surface area contributed by atoms with Crippen molar-refractivity contribution in [2.45, 2.75) is 26.7 Å². The number of hydrogen-bond acceptors (Lipinski definition) is 3. The monoisotopic (exact) mass is 216 g/mol. The van der Waals surface area contributed by atoms with E-state index in [-0.39, 0.29) is 0 Å². The first-order valence-corrected chi connectivity index (χ1v) is 5.41. The van der Waals surface area contributed by atoms with Crippen molar-refractivity contribution < 1.29 is 4.52 Å². The zero-order chi connectivity index (χ0) is 11.7. The van der Waals surface area contributed by atoms with Crippen molar-refractivity contribution in [3.05, 3.63) is 35.4 Å². The Labute approximate surface area is 95.3 Å². The number of aromatic nitrogens is 1. The van der Waals surface area contributed by atoms with Gasteiger partial charge in [0.2, 0.25) is 0 Å². The van der Waals surface area contributed by atoms with E-state index in [1.165, 1.54) is 11.1 Å². The highest BCUT2D eigenvalue weighted by molar-refractivity contribution is 5.65. The first-order chi connectivity index (χ1) is 7.58. The molecular weight excluding hydrogens is 200 g/mol. The van der Waals surface area contributed by atoms with Gasteiger partial charge in [-0.2, -0.15) is 0 Å². The number of aryl methyl sites for hydroxylation is 1. The van der Waals surface area contributed by atoms with Crippen molar-refractivity contribution in [1.29, 1.82) is 0 Å². The van der Waals surface area contributed by atoms with E-state index in [2.05, 4.69) is 44.1 Å². The second kappa shape index (κ2) is 4.00. The van der Waals surface area contributed by atoms with Crippen LogP contribution in [0.3, 0.4) is 0 Å². The van der Waals surface area contributed by atoms with Gasteiger partial charge in [-0.1, -0.05) is 36.7 Å². The zero-order valence-electron chi connectivity index (χ0n) is 9.82. The Morgan fingerprint density at radius 3 is 2.56 bits per heavy atom. The fourth-order valence-electron chi connectivity index (χ4n) is 1.80. The molecule has 1 heterocycles. The molecule has 0 saturated carbocycles. The number of nitrogens with two attached hydrogens (primary N) is 1. The Morgan fingerprint density at radius 1 is 1.25 bits per heavy atom. The third kappa shape index (κ3) is 1.94. The van der Waals surface area contributed by atoms with Gasteiger partial charge < -0.3 is 10.3 Å². The van der Waals surface area contributed by atoms with Crippen LogP contribution < -0.4 is 5.73 Å². The normalized spacial score (nSPS) is 11.0. The number of anilines is 1. The van der Waals surface area contributed by atoms with Crippen molar-refractivity contribution >= 4 is 5.82 Å². The van der Waals surface area contributed by atoms with E-state index in [0.717, 1.165) is 11.3 Å². The molecule has 0 radical (unpaired) electrons. The van der Waals surface area contributed by atoms with Crippen LogP contribution in [0.5, 0.6) is 0 Å². The summed E-state index contributed by atoms with van der Waals surface area (Å²) in [5.74, 6) is 1.61. The third-order valence-corrected chi connectivity index (χ3v) is 2.62. The molecule has 0 bridgehead atoms. The average molecular weight is 216 g/mol. The van der Waals surface area contributed by atoms with Crippen LogP contribution in [0.4, 0.5) is 5.82 Å². The molecule has 0 fully saturated rings. The molecule has 2 N–H and O–H groups in total. The van der Waals surface area contributed by atoms with Crippen LogP contribution in [0.15, 0.2) is 28.8 Å². The molecule has 2 aromatic rings. The summed E-state index contributed by atoms with van der Waals surface area (Å²) in [5.41, 5.74) is 9.11. The molecule has 0 aliphatic carbocycles. The predicted octanol–water partition coefficient (Wildman–Crippen LogP) is 3.36. The molecule has 0 saturated heterocycles. The fraction of sp³-hybridized carbons (Fsp3) is 0.308. The van der Waals surface area contributed by atoms with E-state index < -0.39 is 0 Å². The first-order valence-electron chi connectivity index (χ1n) is 5.41. The van der Waals surface area contributed by atoms with Crippen LogP contribution >= 0.6 is 0 Å². The van der Waals surface area contributed by atoms with Crippen LogP contribution in [-0.2, 0) is 0 Å². The molecule has 1 aromatic heterocycles. The van der Waals surface area contributed by atoms with Crippen molar-refractivity contribution in [3.63, 3.8) is 0 Å². The lowest BCUT2D eigenvalue weighted by atomic mass is 9.94. The maximum atomic E-state index is 5.58. The SMILES string of the molecule is Cc1ccc(C(C)C)c(-c2cc(N)no2)c1. The maximum absolute atomic E-state index is 5.58. The Balaban J connectivity index is 2.57. The van der Waals surface area contributed by atoms with Crippen LogP contribution in [0.25, 0.3) is 11.3 Å². The van der Waals surface area contributed by atoms with Gasteiger partial charge in [-0.25, -0.2) is 0 Å². The fourth-order valence-corrected chi connectivity index (χ4v) is 1.80. The Morgan fingerprint density at radius 2 is 2.00 bits per heavy atom. The summed E-state index contributed by atoms with van der Waals surface area (Å²) in [6.45, 7) is 6.38. The molecule has 0 unspecified atom stereocenters. The highest BCUT2D eigenvalue weighted by Crippen LogP contribution is 2.30. The molecule has 3 heteroatoms. The standard InChI is InChI=1S/C13H16N2O/c1-8(2)10-5-4-9(3)6-11(10)12-7-13(14)15-16-12/h4-8H,1-3H3,(H2,14,15). The van der Waals surface area contributed by atoms with Gasteiger partial charge in [0.05, 0.1) is 0 Å². The molecule has 3 nitrogen and oxygen atoms in total. The van der Waals surface area contributed by atoms with Crippen molar-refractivity contribution in [2.24, 2.45) is 0 Å². The molecule has 84 valence electrons. The summed E-state index contributed by atoms with van der Waals surface area (Å²) in [4.78, 5) is 0. The lowest BCUT2D eigenvalue weighted by Gasteiger charge is -2.11. The zero-order valence-corrected chi connectivity index (χ0v) is 9.82. The Kier molecular flexibility index (Phi) is 2.69. The van der Waals surface area contributed by atoms with Gasteiger partial charge in [0.1, 0.15) is 0 Å². The summed E-state index contributed by atoms with van der Waals surface area (Å²) in [6.07, 6.45) is 0. The quantitative estimate of drug-likeness (QED) is 0.837. The van der Waals surface area contributed by atoms with Gasteiger partial charge in [-0.05, 0) is 24.5 Å². The number of hydrogen-bond donors (Lipinski definition) is 1. The number of nitrogens with zero attached hydrogens (tertiary/aromatic N) is 1. The van der Waals surface area contributed by atoms with Crippen LogP contribution in [0, 0.1) is 6.92 Å². The van der Waals surface area contributed by atoms with Gasteiger partial charge >= 0.3 is 0 Å². The summed E-state index contributed by atoms with van der Waals surface area (Å²) in [6, 6.07) is 8.11. The largest absolute Gasteiger partial charge is 0.381 e. The minimum Gasteiger partial charge on any atom is -0.381 e. The molecule has 16 heavy (non-hydrogen) atoms. The van der Waals surface area contributed by atoms with E-state index in [1.807, 2.05) is 0 Å². The second-order valence-corrected chi connectivity index (χ2v) is 4.36. The summed E-state index contributed by atoms with van der Waals surface area (Å²) >= 11 is 0. The molecular formula is C13H16N2O. The molecule has 0 amide bonds. The van der Waals surface area contributed by atoms with Crippen LogP contribution in [0.1, 0.15) is 30.9 Å². The van der Waals surface area contributed by atoms with Crippen LogP contribution in [-0.4, -0.2) is 5.16 Å². The number of rotatable bonds is 2. The minimum atomic E-state index is 0.422. The van der Waals surface area contributed by atoms with Crippen molar-refractivity contribution in [1.82, 2.24) is 5.16 Å². The van der Waals surface area contributed by atoms with E-state index in [0.29, 0.717) is 11.7 Å². The van der Waals surface area contributed by atoms with Gasteiger partial charge in [0.25, 0.3) is 0 Å². The molecule has 0 atom stereocenters. The highest BCUT2D eigenvalue weighted by Gasteiger charge is 2.12. The predicted molar refractivity (Wildman–Crippen MR) is 65.2 cm³/mol. The summed E-state index contributed by atoms with van der Waals surface area (Å²) in [7, 11) is 0. The van der Waals surface area contributed by atoms with Gasteiger partial charge in [-0.3, -0.25) is 0 Å². The van der Waals surface area contributed by atoms with E-state index in [1.54, 1.807) is 6.07 Å². The highest BCUT2D eigenvalue weighted by atomic mass is 16.5. The topological polar surface area (TPSA) is 52.0 Å². The smallest absolute Gasteiger partial charge is 0.169 e. The first kappa shape index (κ1) is 10.7. The van der Waals surface area contributed by atoms with Gasteiger partial charge in [0, 0.05) is 11.6 Å². The molecule has 2 rings (SSSR count). The molecule has 1 aromatic carbocycles. The van der Waals surface area contributed by atoms with E-state index >= 15 is 0 Å². The molecule has 0 aliphatic heterocycles. The summed E-state index contributed by atoms with van der Waals surface area (Å²) < 4.78 is 5.22. The second-order valence-electron chi connectivity index (χ2n) is 4.36. The minimum absolute atomic E-state index is 0.422. The lowest BCUT2D eigenvalue weighted by molar-refractivity contribution is 0.435. The average Bonchev–Trinajstić information content (AvgIpc) is 2.64. The maximum Gasteiger partial charge on any atom is 0.169 e. The Hall–Kier alpha value is -1.77. The van der Waals surface area contributed by atoms with Gasteiger partial charge in [0.15, 0.2) is 11.6 Å². The van der Waals surface area contributed by atoms with E-state index in [4.69, 9.17) is 10.3 Å². The van der Waals surface area contributed by atoms with Crippen molar-refractivity contribution in [2.75, 3.05) is 5.73 Å². The summed E-state index contributed by atoms with van der Waals surface area (Å²) in [5, 5.41) is 3.73. The number of nitrogen functional groups attached to an aromatic ring is 1. The lowest BCUT2D eigenvalue weighted by Crippen LogP contribution is -1.92. The third-order valence-electron chi connectivity index (χ3n) is 2.62.